The lowest BCUT2D eigenvalue weighted by atomic mass is 9.85. The molecule has 0 aliphatic rings. The van der Waals surface area contributed by atoms with Gasteiger partial charge in [0.25, 0.3) is 0 Å². The number of rotatable bonds is 4. The minimum Gasteiger partial charge on any atom is -0.297 e. The highest BCUT2D eigenvalue weighted by Crippen LogP contribution is 2.44. The molecule has 0 bridgehead atoms. The molecule has 8 rings (SSSR count). The highest BCUT2D eigenvalue weighted by molar-refractivity contribution is 6.21. The summed E-state index contributed by atoms with van der Waals surface area (Å²) in [6, 6.07) is 14.9. The van der Waals surface area contributed by atoms with Crippen molar-refractivity contribution in [1.82, 2.24) is 9.55 Å². The Hall–Kier alpha value is -5.47. The van der Waals surface area contributed by atoms with Gasteiger partial charge in [-0.05, 0) is 86.1 Å². The van der Waals surface area contributed by atoms with E-state index in [1.807, 2.05) is 47.9 Å². The van der Waals surface area contributed by atoms with Crippen LogP contribution in [0.4, 0.5) is 0 Å². The third kappa shape index (κ3) is 3.92. The first-order valence-electron chi connectivity index (χ1n) is 19.8. The maximum absolute atomic E-state index is 9.27. The van der Waals surface area contributed by atoms with Crippen molar-refractivity contribution in [2.75, 3.05) is 0 Å². The zero-order valence-corrected chi connectivity index (χ0v) is 22.3. The molecule has 1 aromatic heterocycles. The number of nitrogens with zero attached hydrogens (tertiary/aromatic N) is 2. The summed E-state index contributed by atoms with van der Waals surface area (Å²) in [4.78, 5) is 4.69. The molecule has 0 aliphatic heterocycles. The fraction of sp³-hybridized carbons (Fsp3) is 0.0250. The third-order valence-corrected chi connectivity index (χ3v) is 7.46. The number of aromatic nitrogens is 2. The van der Waals surface area contributed by atoms with Crippen molar-refractivity contribution < 1.29 is 17.8 Å². The Bertz CT molecular complexity index is 2860. The lowest BCUT2D eigenvalue weighted by Gasteiger charge is -2.18. The summed E-state index contributed by atoms with van der Waals surface area (Å²) in [5.74, 6) is 0.694. The van der Waals surface area contributed by atoms with Gasteiger partial charge in [-0.1, -0.05) is 127 Å². The summed E-state index contributed by atoms with van der Waals surface area (Å²) in [6.45, 7) is 1.86. The Morgan fingerprint density at radius 3 is 1.76 bits per heavy atom. The monoisotopic (exact) mass is 549 g/mol. The molecule has 1 heterocycles. The Balaban J connectivity index is 1.51. The molecular formula is C40H28N2. The fourth-order valence-electron chi connectivity index (χ4n) is 5.67. The average molecular weight is 550 g/mol. The zero-order chi connectivity index (χ0) is 39.4. The van der Waals surface area contributed by atoms with Gasteiger partial charge in [0.15, 0.2) is 0 Å². The number of hydrogen-bond acceptors (Lipinski definition) is 1. The van der Waals surface area contributed by atoms with Gasteiger partial charge in [0.2, 0.25) is 0 Å². The van der Waals surface area contributed by atoms with Crippen molar-refractivity contribution in [3.8, 4) is 39.1 Å². The van der Waals surface area contributed by atoms with Gasteiger partial charge in [-0.2, -0.15) is 0 Å². The summed E-state index contributed by atoms with van der Waals surface area (Å²) >= 11 is 0. The fourth-order valence-corrected chi connectivity index (χ4v) is 5.67. The van der Waals surface area contributed by atoms with Gasteiger partial charge >= 0.3 is 0 Å². The second kappa shape index (κ2) is 9.87. The van der Waals surface area contributed by atoms with Crippen molar-refractivity contribution >= 4 is 32.6 Å². The Morgan fingerprint density at radius 1 is 0.524 bits per heavy atom. The molecule has 0 saturated carbocycles. The van der Waals surface area contributed by atoms with Crippen molar-refractivity contribution in [2.45, 2.75) is 6.92 Å². The van der Waals surface area contributed by atoms with Crippen LogP contribution >= 0.6 is 0 Å². The summed E-state index contributed by atoms with van der Waals surface area (Å²) in [5, 5.41) is 0.169. The van der Waals surface area contributed by atoms with Crippen LogP contribution in [0.25, 0.3) is 71.6 Å². The SMILES string of the molecule is [2H]c1c([2H])c([2H])c(-c2ccc(-c3c4c([2H])c([2H])c([2H])c([2H])c4c(-c4cccc(-n5c(C)nc6ccccc65)c4)c4c([2H])c([2H])c([2H])c([2H])c34)cc2)c([2H])c1[2H]. The van der Waals surface area contributed by atoms with Crippen LogP contribution in [0.1, 0.15) is 23.6 Å². The summed E-state index contributed by atoms with van der Waals surface area (Å²) < 4.78 is 115. The van der Waals surface area contributed by atoms with Gasteiger partial charge < -0.3 is 0 Å². The van der Waals surface area contributed by atoms with E-state index in [4.69, 9.17) is 17.3 Å². The highest BCUT2D eigenvalue weighted by atomic mass is 15.1. The van der Waals surface area contributed by atoms with Crippen molar-refractivity contribution in [2.24, 2.45) is 0 Å². The van der Waals surface area contributed by atoms with E-state index in [1.54, 1.807) is 24.3 Å². The zero-order valence-electron chi connectivity index (χ0n) is 35.3. The lowest BCUT2D eigenvalue weighted by molar-refractivity contribution is 1.00. The number of benzene rings is 7. The summed E-state index contributed by atoms with van der Waals surface area (Å²) in [6.07, 6.45) is 0. The molecule has 0 aliphatic carbocycles. The molecule has 2 nitrogen and oxygen atoms in total. The minimum atomic E-state index is -0.533. The van der Waals surface area contributed by atoms with Crippen molar-refractivity contribution in [3.63, 3.8) is 0 Å². The van der Waals surface area contributed by atoms with E-state index in [9.17, 15) is 5.48 Å². The Kier molecular flexibility index (Phi) is 3.39. The molecule has 42 heavy (non-hydrogen) atoms. The van der Waals surface area contributed by atoms with Gasteiger partial charge in [0, 0.05) is 5.69 Å². The van der Waals surface area contributed by atoms with E-state index >= 15 is 0 Å². The molecular weight excluding hydrogens is 508 g/mol. The van der Waals surface area contributed by atoms with Gasteiger partial charge in [-0.25, -0.2) is 4.98 Å². The predicted octanol–water partition coefficient (Wildman–Crippen LogP) is 10.6. The van der Waals surface area contributed by atoms with Crippen LogP contribution in [0.5, 0.6) is 0 Å². The van der Waals surface area contributed by atoms with Crippen LogP contribution in [0.2, 0.25) is 0 Å². The van der Waals surface area contributed by atoms with E-state index in [-0.39, 0.29) is 43.8 Å². The molecule has 8 aromatic rings. The second-order valence-electron chi connectivity index (χ2n) is 9.86. The van der Waals surface area contributed by atoms with Crippen LogP contribution in [0.15, 0.2) is 151 Å². The Morgan fingerprint density at radius 2 is 1.10 bits per heavy atom. The lowest BCUT2D eigenvalue weighted by Crippen LogP contribution is -1.97. The number of fused-ring (bicyclic) bond motifs is 3. The molecule has 198 valence electrons. The normalized spacial score (nSPS) is 15.8. The van der Waals surface area contributed by atoms with E-state index in [1.165, 1.54) is 12.1 Å². The standard InChI is InChI=1S/C40H28N2/c1-27-41-37-20-9-10-21-38(37)42(27)32-15-11-14-31(26-32)40-35-18-7-5-16-33(35)39(34-17-6-8-19-36(34)40)30-24-22-29(23-25-30)28-12-3-2-4-13-28/h2-26H,1H3/i2D,3D,4D,5D,6D,7D,8D,12D,13D,16D,17D,18D,19D. The number of para-hydroxylation sites is 2. The van der Waals surface area contributed by atoms with E-state index in [0.29, 0.717) is 22.6 Å². The molecule has 0 amide bonds. The quantitative estimate of drug-likeness (QED) is 0.200. The van der Waals surface area contributed by atoms with Crippen molar-refractivity contribution in [1.29, 1.82) is 0 Å². The average Bonchev–Trinajstić information content (AvgIpc) is 3.53. The maximum atomic E-state index is 9.27. The molecule has 2 heteroatoms. The molecule has 0 atom stereocenters. The maximum Gasteiger partial charge on any atom is 0.111 e. The number of imidazole rings is 1. The van der Waals surface area contributed by atoms with Gasteiger partial charge in [0.1, 0.15) is 5.82 Å². The van der Waals surface area contributed by atoms with Crippen LogP contribution in [0.3, 0.4) is 0 Å². The van der Waals surface area contributed by atoms with E-state index in [2.05, 4.69) is 0 Å². The van der Waals surface area contributed by atoms with Crippen LogP contribution in [-0.2, 0) is 0 Å². The van der Waals surface area contributed by atoms with Gasteiger partial charge in [-0.3, -0.25) is 4.57 Å². The minimum absolute atomic E-state index is 0.0313. The predicted molar refractivity (Wildman–Crippen MR) is 177 cm³/mol. The molecule has 0 unspecified atom stereocenters. The van der Waals surface area contributed by atoms with Crippen molar-refractivity contribution in [3.05, 3.63) is 157 Å². The first kappa shape index (κ1) is 14.4. The summed E-state index contributed by atoms with van der Waals surface area (Å²) in [7, 11) is 0. The molecule has 0 fully saturated rings. The molecule has 0 radical (unpaired) electrons. The van der Waals surface area contributed by atoms with E-state index in [0.717, 1.165) is 11.0 Å². The van der Waals surface area contributed by atoms with Gasteiger partial charge in [-0.15, -0.1) is 0 Å². The first-order chi connectivity index (χ1) is 26.1. The second-order valence-corrected chi connectivity index (χ2v) is 9.86. The highest BCUT2D eigenvalue weighted by Gasteiger charge is 2.17. The largest absolute Gasteiger partial charge is 0.297 e. The topological polar surface area (TPSA) is 17.8 Å². The number of aryl methyl sites for hydroxylation is 1. The molecule has 7 aromatic carbocycles. The molecule has 0 spiro atoms. The smallest absolute Gasteiger partial charge is 0.111 e. The Labute approximate surface area is 263 Å². The first-order valence-corrected chi connectivity index (χ1v) is 13.3. The summed E-state index contributed by atoms with van der Waals surface area (Å²) in [5.41, 5.74) is 3.63. The van der Waals surface area contributed by atoms with Crippen LogP contribution in [-0.4, -0.2) is 9.55 Å². The number of hydrogen-bond donors (Lipinski definition) is 0. The van der Waals surface area contributed by atoms with Crippen LogP contribution in [0, 0.1) is 6.92 Å². The van der Waals surface area contributed by atoms with E-state index < -0.39 is 78.6 Å². The third-order valence-electron chi connectivity index (χ3n) is 7.46. The van der Waals surface area contributed by atoms with Gasteiger partial charge in [0.05, 0.1) is 28.9 Å². The molecule has 0 N–H and O–H groups in total. The van der Waals surface area contributed by atoms with Crippen LogP contribution < -0.4 is 0 Å². The molecule has 0 saturated heterocycles.